The van der Waals surface area contributed by atoms with Crippen molar-refractivity contribution < 1.29 is 0 Å². The summed E-state index contributed by atoms with van der Waals surface area (Å²) in [6.45, 7) is 7.97. The highest BCUT2D eigenvalue weighted by molar-refractivity contribution is 7.98. The van der Waals surface area contributed by atoms with Gasteiger partial charge in [0, 0.05) is 24.9 Å². The Labute approximate surface area is 93.8 Å². The van der Waals surface area contributed by atoms with Gasteiger partial charge in [0.2, 0.25) is 0 Å². The molecule has 0 aliphatic carbocycles. The van der Waals surface area contributed by atoms with Crippen molar-refractivity contribution in [3.05, 3.63) is 0 Å². The van der Waals surface area contributed by atoms with Crippen molar-refractivity contribution in [2.24, 2.45) is 0 Å². The lowest BCUT2D eigenvalue weighted by molar-refractivity contribution is 0.242. The summed E-state index contributed by atoms with van der Waals surface area (Å²) in [6.07, 6.45) is 4.64. The largest absolute Gasteiger partial charge is 0.315 e. The first-order chi connectivity index (χ1) is 6.76. The van der Waals surface area contributed by atoms with Crippen LogP contribution in [-0.2, 0) is 0 Å². The van der Waals surface area contributed by atoms with Crippen LogP contribution in [0.25, 0.3) is 0 Å². The third-order valence-corrected chi connectivity index (χ3v) is 3.14. The van der Waals surface area contributed by atoms with Gasteiger partial charge in [0.1, 0.15) is 0 Å². The minimum Gasteiger partial charge on any atom is -0.315 e. The molecule has 0 heterocycles. The Morgan fingerprint density at radius 3 is 2.57 bits per heavy atom. The molecule has 0 amide bonds. The van der Waals surface area contributed by atoms with Gasteiger partial charge in [0.15, 0.2) is 0 Å². The quantitative estimate of drug-likeness (QED) is 0.596. The van der Waals surface area contributed by atoms with E-state index in [9.17, 15) is 0 Å². The van der Waals surface area contributed by atoms with Crippen LogP contribution in [0.1, 0.15) is 26.7 Å². The highest BCUT2D eigenvalue weighted by Crippen LogP contribution is 2.02. The maximum absolute atomic E-state index is 3.49. The highest BCUT2D eigenvalue weighted by Gasteiger charge is 2.10. The summed E-state index contributed by atoms with van der Waals surface area (Å²) >= 11 is 1.92. The lowest BCUT2D eigenvalue weighted by atomic mass is 10.2. The van der Waals surface area contributed by atoms with E-state index in [-0.39, 0.29) is 0 Å². The first-order valence-electron chi connectivity index (χ1n) is 5.66. The second-order valence-electron chi connectivity index (χ2n) is 3.74. The van der Waals surface area contributed by atoms with Crippen LogP contribution in [0, 0.1) is 0 Å². The summed E-state index contributed by atoms with van der Waals surface area (Å²) in [6, 6.07) is 0.702. The maximum Gasteiger partial charge on any atom is 0.0215 e. The van der Waals surface area contributed by atoms with Gasteiger partial charge in [-0.2, -0.15) is 11.8 Å². The maximum atomic E-state index is 3.49. The molecule has 0 saturated heterocycles. The van der Waals surface area contributed by atoms with Gasteiger partial charge < -0.3 is 10.2 Å². The van der Waals surface area contributed by atoms with Crippen LogP contribution >= 0.6 is 11.8 Å². The zero-order valence-electron chi connectivity index (χ0n) is 10.2. The SMILES string of the molecule is CCCNCC(CC)N(C)CCSC. The van der Waals surface area contributed by atoms with Crippen molar-refractivity contribution in [3.63, 3.8) is 0 Å². The molecule has 0 aromatic carbocycles. The molecule has 1 unspecified atom stereocenters. The molecule has 14 heavy (non-hydrogen) atoms. The van der Waals surface area contributed by atoms with Crippen molar-refractivity contribution in [2.45, 2.75) is 32.7 Å². The molecule has 0 aromatic rings. The molecular weight excluding hydrogens is 192 g/mol. The molecule has 1 atom stereocenters. The van der Waals surface area contributed by atoms with Gasteiger partial charge in [-0.3, -0.25) is 0 Å². The predicted molar refractivity (Wildman–Crippen MR) is 68.3 cm³/mol. The van der Waals surface area contributed by atoms with Gasteiger partial charge in [-0.25, -0.2) is 0 Å². The third kappa shape index (κ3) is 6.68. The number of likely N-dealkylation sites (N-methyl/N-ethyl adjacent to an activating group) is 1. The minimum absolute atomic E-state index is 0.702. The fourth-order valence-corrected chi connectivity index (χ4v) is 1.95. The lowest BCUT2D eigenvalue weighted by Crippen LogP contribution is -2.40. The van der Waals surface area contributed by atoms with Crippen molar-refractivity contribution in [1.29, 1.82) is 0 Å². The van der Waals surface area contributed by atoms with E-state index in [1.165, 1.54) is 25.1 Å². The van der Waals surface area contributed by atoms with E-state index in [1.807, 2.05) is 11.8 Å². The van der Waals surface area contributed by atoms with Crippen molar-refractivity contribution in [3.8, 4) is 0 Å². The van der Waals surface area contributed by atoms with Gasteiger partial charge in [-0.15, -0.1) is 0 Å². The van der Waals surface area contributed by atoms with Crippen LogP contribution in [0.5, 0.6) is 0 Å². The molecule has 0 aliphatic rings. The van der Waals surface area contributed by atoms with E-state index >= 15 is 0 Å². The molecule has 0 radical (unpaired) electrons. The number of rotatable bonds is 9. The standard InChI is InChI=1S/C11H26N2S/c1-5-7-12-10-11(6-2)13(3)8-9-14-4/h11-12H,5-10H2,1-4H3. The van der Waals surface area contributed by atoms with E-state index in [2.05, 4.69) is 37.4 Å². The second-order valence-corrected chi connectivity index (χ2v) is 4.73. The lowest BCUT2D eigenvalue weighted by Gasteiger charge is -2.27. The van der Waals surface area contributed by atoms with Crippen LogP contribution in [0.2, 0.25) is 0 Å². The Hall–Kier alpha value is 0.270. The van der Waals surface area contributed by atoms with Crippen molar-refractivity contribution in [1.82, 2.24) is 10.2 Å². The molecule has 0 rings (SSSR count). The Bertz CT molecular complexity index is 120. The van der Waals surface area contributed by atoms with Gasteiger partial charge in [0.25, 0.3) is 0 Å². The molecule has 86 valence electrons. The predicted octanol–water partition coefficient (Wildman–Crippen LogP) is 2.06. The smallest absolute Gasteiger partial charge is 0.0215 e. The van der Waals surface area contributed by atoms with Crippen LogP contribution in [0.4, 0.5) is 0 Å². The zero-order valence-corrected chi connectivity index (χ0v) is 11.0. The summed E-state index contributed by atoms with van der Waals surface area (Å²) in [5.74, 6) is 1.24. The molecule has 0 aliphatic heterocycles. The normalized spacial score (nSPS) is 13.5. The number of hydrogen-bond donors (Lipinski definition) is 1. The summed E-state index contributed by atoms with van der Waals surface area (Å²) in [5.41, 5.74) is 0. The van der Waals surface area contributed by atoms with E-state index in [1.54, 1.807) is 0 Å². The van der Waals surface area contributed by atoms with E-state index in [0.717, 1.165) is 13.1 Å². The number of hydrogen-bond acceptors (Lipinski definition) is 3. The highest BCUT2D eigenvalue weighted by atomic mass is 32.2. The monoisotopic (exact) mass is 218 g/mol. The third-order valence-electron chi connectivity index (χ3n) is 2.55. The fourth-order valence-electron chi connectivity index (χ4n) is 1.48. The Morgan fingerprint density at radius 2 is 2.07 bits per heavy atom. The summed E-state index contributed by atoms with van der Waals surface area (Å²) in [5, 5.41) is 3.49. The number of nitrogens with one attached hydrogen (secondary N) is 1. The van der Waals surface area contributed by atoms with Gasteiger partial charge in [0.05, 0.1) is 0 Å². The first-order valence-corrected chi connectivity index (χ1v) is 7.05. The van der Waals surface area contributed by atoms with Crippen molar-refractivity contribution in [2.75, 3.05) is 38.7 Å². The fraction of sp³-hybridized carbons (Fsp3) is 1.00. The summed E-state index contributed by atoms with van der Waals surface area (Å²) < 4.78 is 0. The van der Waals surface area contributed by atoms with E-state index < -0.39 is 0 Å². The number of thioether (sulfide) groups is 1. The van der Waals surface area contributed by atoms with Gasteiger partial charge in [-0.1, -0.05) is 13.8 Å². The molecule has 3 heteroatoms. The molecule has 1 N–H and O–H groups in total. The van der Waals surface area contributed by atoms with E-state index in [0.29, 0.717) is 6.04 Å². The Kier molecular flexibility index (Phi) is 10.0. The average Bonchev–Trinajstić information content (AvgIpc) is 2.21. The number of nitrogens with zero attached hydrogens (tertiary/aromatic N) is 1. The second kappa shape index (κ2) is 9.81. The zero-order chi connectivity index (χ0) is 10.8. The van der Waals surface area contributed by atoms with Crippen LogP contribution in [-0.4, -0.2) is 49.6 Å². The molecule has 0 saturated carbocycles. The minimum atomic E-state index is 0.702. The van der Waals surface area contributed by atoms with Crippen LogP contribution < -0.4 is 5.32 Å². The van der Waals surface area contributed by atoms with Gasteiger partial charge in [-0.05, 0) is 32.7 Å². The van der Waals surface area contributed by atoms with E-state index in [4.69, 9.17) is 0 Å². The van der Waals surface area contributed by atoms with Crippen molar-refractivity contribution >= 4 is 11.8 Å². The molecule has 0 bridgehead atoms. The van der Waals surface area contributed by atoms with Crippen LogP contribution in [0.3, 0.4) is 0 Å². The molecule has 0 fully saturated rings. The first kappa shape index (κ1) is 14.3. The molecule has 2 nitrogen and oxygen atoms in total. The molecular formula is C11H26N2S. The Morgan fingerprint density at radius 1 is 1.36 bits per heavy atom. The topological polar surface area (TPSA) is 15.3 Å². The van der Waals surface area contributed by atoms with Gasteiger partial charge >= 0.3 is 0 Å². The average molecular weight is 218 g/mol. The van der Waals surface area contributed by atoms with Crippen LogP contribution in [0.15, 0.2) is 0 Å². The summed E-state index contributed by atoms with van der Waals surface area (Å²) in [7, 11) is 2.23. The molecule has 0 aromatic heterocycles. The Balaban J connectivity index is 3.62. The molecule has 0 spiro atoms. The summed E-state index contributed by atoms with van der Waals surface area (Å²) in [4.78, 5) is 2.47.